The van der Waals surface area contributed by atoms with E-state index < -0.39 is 0 Å². The van der Waals surface area contributed by atoms with E-state index in [1.165, 1.54) is 11.3 Å². The van der Waals surface area contributed by atoms with Crippen molar-refractivity contribution in [2.45, 2.75) is 12.8 Å². The third-order valence-corrected chi connectivity index (χ3v) is 6.06. The van der Waals surface area contributed by atoms with Crippen LogP contribution in [0.25, 0.3) is 10.2 Å². The van der Waals surface area contributed by atoms with Crippen molar-refractivity contribution in [1.82, 2.24) is 9.88 Å². The van der Waals surface area contributed by atoms with Crippen molar-refractivity contribution in [1.29, 1.82) is 0 Å². The SMILES string of the molecule is CN(C)CCCN(C(=O)Cc1ccccc1Cl)c1nc2ccc(Br)cc2s1. The minimum absolute atomic E-state index is 0.0139. The van der Waals surface area contributed by atoms with Gasteiger partial charge in [0.05, 0.1) is 16.6 Å². The fourth-order valence-corrected chi connectivity index (χ4v) is 4.54. The highest BCUT2D eigenvalue weighted by molar-refractivity contribution is 9.10. The zero-order valence-electron chi connectivity index (χ0n) is 15.3. The third-order valence-electron chi connectivity index (χ3n) is 4.16. The maximum absolute atomic E-state index is 13.1. The topological polar surface area (TPSA) is 36.4 Å². The van der Waals surface area contributed by atoms with Gasteiger partial charge in [0.2, 0.25) is 5.91 Å². The fraction of sp³-hybridized carbons (Fsp3) is 0.300. The molecule has 0 aliphatic carbocycles. The number of hydrogen-bond acceptors (Lipinski definition) is 4. The van der Waals surface area contributed by atoms with Gasteiger partial charge < -0.3 is 4.90 Å². The van der Waals surface area contributed by atoms with Crippen LogP contribution in [0.15, 0.2) is 46.9 Å². The zero-order valence-corrected chi connectivity index (χ0v) is 18.4. The smallest absolute Gasteiger partial charge is 0.233 e. The predicted octanol–water partition coefficient (Wildman–Crippen LogP) is 5.24. The number of carbonyl (C=O) groups excluding carboxylic acids is 1. The summed E-state index contributed by atoms with van der Waals surface area (Å²) in [4.78, 5) is 21.7. The van der Waals surface area contributed by atoms with Crippen LogP contribution in [0, 0.1) is 0 Å². The molecule has 1 aromatic heterocycles. The van der Waals surface area contributed by atoms with E-state index in [1.54, 1.807) is 4.90 Å². The van der Waals surface area contributed by atoms with E-state index in [-0.39, 0.29) is 12.3 Å². The summed E-state index contributed by atoms with van der Waals surface area (Å²) in [6.07, 6.45) is 1.14. The normalized spacial score (nSPS) is 11.3. The Morgan fingerprint density at radius 3 is 2.70 bits per heavy atom. The molecule has 27 heavy (non-hydrogen) atoms. The molecule has 142 valence electrons. The van der Waals surface area contributed by atoms with Gasteiger partial charge >= 0.3 is 0 Å². The summed E-state index contributed by atoms with van der Waals surface area (Å²) in [5.41, 5.74) is 1.74. The minimum Gasteiger partial charge on any atom is -0.309 e. The van der Waals surface area contributed by atoms with Crippen LogP contribution in [0.5, 0.6) is 0 Å². The maximum Gasteiger partial charge on any atom is 0.233 e. The van der Waals surface area contributed by atoms with Gasteiger partial charge in [0.25, 0.3) is 0 Å². The summed E-state index contributed by atoms with van der Waals surface area (Å²) < 4.78 is 2.06. The molecule has 1 heterocycles. The van der Waals surface area contributed by atoms with Crippen molar-refractivity contribution < 1.29 is 4.79 Å². The molecule has 1 amide bonds. The van der Waals surface area contributed by atoms with Crippen LogP contribution in [0.4, 0.5) is 5.13 Å². The van der Waals surface area contributed by atoms with Gasteiger partial charge in [-0.1, -0.05) is 57.1 Å². The molecule has 0 spiro atoms. The first-order chi connectivity index (χ1) is 12.9. The lowest BCUT2D eigenvalue weighted by Gasteiger charge is -2.21. The molecular formula is C20H21BrClN3OS. The second-order valence-corrected chi connectivity index (χ2v) is 8.91. The monoisotopic (exact) mass is 465 g/mol. The average Bonchev–Trinajstić information content (AvgIpc) is 3.03. The molecule has 0 radical (unpaired) electrons. The quantitative estimate of drug-likeness (QED) is 0.478. The van der Waals surface area contributed by atoms with Gasteiger partial charge in [0, 0.05) is 16.0 Å². The van der Waals surface area contributed by atoms with Crippen molar-refractivity contribution in [2.75, 3.05) is 32.1 Å². The summed E-state index contributed by atoms with van der Waals surface area (Å²) in [7, 11) is 4.07. The summed E-state index contributed by atoms with van der Waals surface area (Å²) >= 11 is 11.3. The van der Waals surface area contributed by atoms with Gasteiger partial charge in [0.1, 0.15) is 0 Å². The summed E-state index contributed by atoms with van der Waals surface area (Å²) in [5, 5.41) is 1.35. The molecular weight excluding hydrogens is 446 g/mol. The number of nitrogens with zero attached hydrogens (tertiary/aromatic N) is 3. The molecule has 0 aliphatic heterocycles. The van der Waals surface area contributed by atoms with Crippen molar-refractivity contribution in [3.63, 3.8) is 0 Å². The molecule has 0 N–H and O–H groups in total. The van der Waals surface area contributed by atoms with Gasteiger partial charge in [-0.25, -0.2) is 4.98 Å². The average molecular weight is 467 g/mol. The Bertz CT molecular complexity index is 944. The molecule has 0 atom stereocenters. The number of rotatable bonds is 7. The number of benzene rings is 2. The number of fused-ring (bicyclic) bond motifs is 1. The van der Waals surface area contributed by atoms with Crippen molar-refractivity contribution >= 4 is 60.1 Å². The summed E-state index contributed by atoms with van der Waals surface area (Å²) in [6.45, 7) is 1.54. The molecule has 2 aromatic carbocycles. The van der Waals surface area contributed by atoms with E-state index in [4.69, 9.17) is 16.6 Å². The molecule has 0 unspecified atom stereocenters. The number of amides is 1. The maximum atomic E-state index is 13.1. The van der Waals surface area contributed by atoms with Gasteiger partial charge in [-0.3, -0.25) is 9.69 Å². The number of thiazole rings is 1. The largest absolute Gasteiger partial charge is 0.309 e. The third kappa shape index (κ3) is 5.29. The van der Waals surface area contributed by atoms with Crippen LogP contribution in [0.1, 0.15) is 12.0 Å². The predicted molar refractivity (Wildman–Crippen MR) is 118 cm³/mol. The first-order valence-corrected chi connectivity index (χ1v) is 10.7. The first kappa shape index (κ1) is 20.3. The van der Waals surface area contributed by atoms with Crippen molar-refractivity contribution in [3.8, 4) is 0 Å². The lowest BCUT2D eigenvalue weighted by molar-refractivity contribution is -0.118. The molecule has 4 nitrogen and oxygen atoms in total. The Morgan fingerprint density at radius 2 is 1.96 bits per heavy atom. The van der Waals surface area contributed by atoms with Gasteiger partial charge in [-0.15, -0.1) is 0 Å². The van der Waals surface area contributed by atoms with E-state index >= 15 is 0 Å². The first-order valence-electron chi connectivity index (χ1n) is 8.68. The van der Waals surface area contributed by atoms with E-state index in [0.29, 0.717) is 11.6 Å². The molecule has 7 heteroatoms. The number of anilines is 1. The second-order valence-electron chi connectivity index (χ2n) is 6.58. The highest BCUT2D eigenvalue weighted by Crippen LogP contribution is 2.31. The van der Waals surface area contributed by atoms with Crippen LogP contribution < -0.4 is 4.90 Å². The fourth-order valence-electron chi connectivity index (χ4n) is 2.77. The highest BCUT2D eigenvalue weighted by Gasteiger charge is 2.20. The molecule has 0 aliphatic rings. The van der Waals surface area contributed by atoms with E-state index in [2.05, 4.69) is 20.8 Å². The van der Waals surface area contributed by atoms with Crippen molar-refractivity contribution in [3.05, 3.63) is 57.5 Å². The molecule has 0 fully saturated rings. The molecule has 0 bridgehead atoms. The standard InChI is InChI=1S/C20H21BrClN3OS/c1-24(2)10-5-11-25(19(26)12-14-6-3-4-7-16(14)22)20-23-17-9-8-15(21)13-18(17)27-20/h3-4,6-9,13H,5,10-12H2,1-2H3. The Hall–Kier alpha value is -1.47. The molecule has 0 saturated heterocycles. The van der Waals surface area contributed by atoms with Crippen molar-refractivity contribution in [2.24, 2.45) is 0 Å². The van der Waals surface area contributed by atoms with Crippen LogP contribution in [-0.2, 0) is 11.2 Å². The lowest BCUT2D eigenvalue weighted by atomic mass is 10.1. The van der Waals surface area contributed by atoms with Gasteiger partial charge in [-0.05, 0) is 56.9 Å². The van der Waals surface area contributed by atoms with Crippen LogP contribution in [0.3, 0.4) is 0 Å². The van der Waals surface area contributed by atoms with Crippen LogP contribution >= 0.6 is 38.9 Å². The van der Waals surface area contributed by atoms with Gasteiger partial charge in [0.15, 0.2) is 5.13 Å². The molecule has 3 aromatic rings. The summed E-state index contributed by atoms with van der Waals surface area (Å²) in [5.74, 6) is 0.0139. The Morgan fingerprint density at radius 1 is 1.19 bits per heavy atom. The number of carbonyl (C=O) groups is 1. The Labute approximate surface area is 176 Å². The second kappa shape index (κ2) is 9.15. The summed E-state index contributed by atoms with van der Waals surface area (Å²) in [6, 6.07) is 13.5. The zero-order chi connectivity index (χ0) is 19.4. The number of halogens is 2. The molecule has 3 rings (SSSR count). The Kier molecular flexibility index (Phi) is 6.87. The van der Waals surface area contributed by atoms with Crippen LogP contribution in [0.2, 0.25) is 5.02 Å². The van der Waals surface area contributed by atoms with Gasteiger partial charge in [-0.2, -0.15) is 0 Å². The number of aromatic nitrogens is 1. The van der Waals surface area contributed by atoms with E-state index in [9.17, 15) is 4.79 Å². The molecule has 0 saturated carbocycles. The van der Waals surface area contributed by atoms with E-state index in [0.717, 1.165) is 38.3 Å². The van der Waals surface area contributed by atoms with Crippen LogP contribution in [-0.4, -0.2) is 43.0 Å². The Balaban J connectivity index is 1.86. The van der Waals surface area contributed by atoms with E-state index in [1.807, 2.05) is 56.6 Å². The lowest BCUT2D eigenvalue weighted by Crippen LogP contribution is -2.34. The minimum atomic E-state index is 0.0139. The highest BCUT2D eigenvalue weighted by atomic mass is 79.9. The number of hydrogen-bond donors (Lipinski definition) is 0.